The summed E-state index contributed by atoms with van der Waals surface area (Å²) < 4.78 is 10.0. The maximum Gasteiger partial charge on any atom is 0.407 e. The molecule has 0 aliphatic heterocycles. The molecule has 1 aromatic rings. The third-order valence-corrected chi connectivity index (χ3v) is 3.71. The number of amides is 1. The van der Waals surface area contributed by atoms with Gasteiger partial charge in [0.15, 0.2) is 11.6 Å². The van der Waals surface area contributed by atoms with E-state index >= 15 is 0 Å². The number of ketones is 2. The van der Waals surface area contributed by atoms with Crippen LogP contribution in [0.4, 0.5) is 4.79 Å². The lowest BCUT2D eigenvalue weighted by atomic mass is 9.79. The van der Waals surface area contributed by atoms with Gasteiger partial charge >= 0.3 is 6.09 Å². The fourth-order valence-electron chi connectivity index (χ4n) is 2.61. The van der Waals surface area contributed by atoms with Crippen molar-refractivity contribution in [2.24, 2.45) is 0 Å². The zero-order chi connectivity index (χ0) is 14.8. The van der Waals surface area contributed by atoms with E-state index in [2.05, 4.69) is 10.1 Å². The lowest BCUT2D eigenvalue weighted by molar-refractivity contribution is -0.132. The predicted molar refractivity (Wildman–Crippen MR) is 69.2 cm³/mol. The van der Waals surface area contributed by atoms with Crippen LogP contribution in [0, 0.1) is 0 Å². The van der Waals surface area contributed by atoms with Crippen molar-refractivity contribution in [1.29, 1.82) is 0 Å². The standard InChI is InChI=1S/C14H17NO5/c1-9(16)14(7-3-4-11(14)17)12-6-5-10(20-12)8-15-13(18)19-2/h5-6H,3-4,7-8H2,1-2H3,(H,15,18). The van der Waals surface area contributed by atoms with Crippen molar-refractivity contribution in [2.45, 2.75) is 38.1 Å². The predicted octanol–water partition coefficient (Wildman–Crippen LogP) is 1.72. The molecule has 6 nitrogen and oxygen atoms in total. The first-order valence-electron chi connectivity index (χ1n) is 6.46. The highest BCUT2D eigenvalue weighted by Crippen LogP contribution is 2.39. The van der Waals surface area contributed by atoms with E-state index in [-0.39, 0.29) is 18.1 Å². The summed E-state index contributed by atoms with van der Waals surface area (Å²) in [5.74, 6) is 0.563. The van der Waals surface area contributed by atoms with Crippen LogP contribution in [0.5, 0.6) is 0 Å². The van der Waals surface area contributed by atoms with E-state index in [0.717, 1.165) is 0 Å². The van der Waals surface area contributed by atoms with Gasteiger partial charge in [0, 0.05) is 6.42 Å². The number of methoxy groups -OCH3 is 1. The molecule has 1 fully saturated rings. The van der Waals surface area contributed by atoms with Crippen LogP contribution in [0.1, 0.15) is 37.7 Å². The Morgan fingerprint density at radius 2 is 2.20 bits per heavy atom. The summed E-state index contributed by atoms with van der Waals surface area (Å²) in [5.41, 5.74) is -1.14. The van der Waals surface area contributed by atoms with Gasteiger partial charge in [0.25, 0.3) is 0 Å². The molecule has 1 aliphatic carbocycles. The van der Waals surface area contributed by atoms with Gasteiger partial charge < -0.3 is 14.5 Å². The second-order valence-corrected chi connectivity index (χ2v) is 4.85. The third kappa shape index (κ3) is 2.33. The molecule has 0 bridgehead atoms. The van der Waals surface area contributed by atoms with Crippen LogP contribution in [0.2, 0.25) is 0 Å². The Bertz CT molecular complexity index is 548. The van der Waals surface area contributed by atoms with Gasteiger partial charge in [-0.3, -0.25) is 9.59 Å². The zero-order valence-electron chi connectivity index (χ0n) is 11.5. The van der Waals surface area contributed by atoms with E-state index in [1.165, 1.54) is 14.0 Å². The van der Waals surface area contributed by atoms with E-state index in [1.807, 2.05) is 0 Å². The van der Waals surface area contributed by atoms with Crippen LogP contribution >= 0.6 is 0 Å². The maximum absolute atomic E-state index is 12.1. The summed E-state index contributed by atoms with van der Waals surface area (Å²) in [6.45, 7) is 1.56. The molecule has 0 radical (unpaired) electrons. The molecule has 1 saturated carbocycles. The van der Waals surface area contributed by atoms with Crippen LogP contribution in [0.15, 0.2) is 16.5 Å². The molecule has 2 rings (SSSR count). The van der Waals surface area contributed by atoms with E-state index in [1.54, 1.807) is 12.1 Å². The molecule has 1 amide bonds. The molecule has 6 heteroatoms. The fourth-order valence-corrected chi connectivity index (χ4v) is 2.61. The van der Waals surface area contributed by atoms with Crippen molar-refractivity contribution < 1.29 is 23.5 Å². The number of Topliss-reactive ketones (excluding diaryl/α,β-unsaturated/α-hetero) is 2. The Kier molecular flexibility index (Phi) is 3.92. The topological polar surface area (TPSA) is 85.6 Å². The Morgan fingerprint density at radius 3 is 2.75 bits per heavy atom. The fraction of sp³-hybridized carbons (Fsp3) is 0.500. The van der Waals surface area contributed by atoms with Crippen LogP contribution in [-0.2, 0) is 26.3 Å². The van der Waals surface area contributed by atoms with Crippen molar-refractivity contribution in [3.05, 3.63) is 23.7 Å². The average Bonchev–Trinajstić information content (AvgIpc) is 3.02. The first-order chi connectivity index (χ1) is 9.50. The van der Waals surface area contributed by atoms with Gasteiger partial charge in [-0.2, -0.15) is 0 Å². The minimum Gasteiger partial charge on any atom is -0.463 e. The van der Waals surface area contributed by atoms with E-state index < -0.39 is 11.5 Å². The first kappa shape index (κ1) is 14.3. The smallest absolute Gasteiger partial charge is 0.407 e. The van der Waals surface area contributed by atoms with Crippen molar-refractivity contribution in [1.82, 2.24) is 5.32 Å². The SMILES string of the molecule is COC(=O)NCc1ccc(C2(C(C)=O)CCCC2=O)o1. The number of ether oxygens (including phenoxy) is 1. The van der Waals surface area contributed by atoms with Gasteiger partial charge in [-0.15, -0.1) is 0 Å². The first-order valence-corrected chi connectivity index (χ1v) is 6.46. The molecule has 0 spiro atoms. The number of hydrogen-bond acceptors (Lipinski definition) is 5. The van der Waals surface area contributed by atoms with Crippen molar-refractivity contribution in [2.75, 3.05) is 7.11 Å². The number of nitrogens with one attached hydrogen (secondary N) is 1. The molecule has 108 valence electrons. The Morgan fingerprint density at radius 1 is 1.45 bits per heavy atom. The number of furan rings is 1. The van der Waals surface area contributed by atoms with Crippen molar-refractivity contribution in [3.8, 4) is 0 Å². The van der Waals surface area contributed by atoms with Gasteiger partial charge in [0.2, 0.25) is 0 Å². The van der Waals surface area contributed by atoms with Crippen LogP contribution in [0.25, 0.3) is 0 Å². The van der Waals surface area contributed by atoms with E-state index in [0.29, 0.717) is 30.8 Å². The molecule has 1 heterocycles. The Labute approximate surface area is 116 Å². The zero-order valence-corrected chi connectivity index (χ0v) is 11.5. The van der Waals surface area contributed by atoms with E-state index in [9.17, 15) is 14.4 Å². The summed E-state index contributed by atoms with van der Waals surface area (Å²) in [6, 6.07) is 3.29. The van der Waals surface area contributed by atoms with Gasteiger partial charge in [-0.05, 0) is 31.9 Å². The van der Waals surface area contributed by atoms with Crippen molar-refractivity contribution >= 4 is 17.7 Å². The quantitative estimate of drug-likeness (QED) is 0.848. The van der Waals surface area contributed by atoms with Gasteiger partial charge in [0.1, 0.15) is 16.9 Å². The normalized spacial score (nSPS) is 21.8. The summed E-state index contributed by atoms with van der Waals surface area (Å²) in [5, 5.41) is 2.48. The monoisotopic (exact) mass is 279 g/mol. The average molecular weight is 279 g/mol. The summed E-state index contributed by atoms with van der Waals surface area (Å²) >= 11 is 0. The molecule has 1 aliphatic rings. The van der Waals surface area contributed by atoms with Gasteiger partial charge in [-0.1, -0.05) is 0 Å². The highest BCUT2D eigenvalue weighted by molar-refractivity contribution is 6.12. The lowest BCUT2D eigenvalue weighted by Crippen LogP contribution is -2.37. The number of rotatable bonds is 4. The molecule has 0 saturated heterocycles. The molecule has 0 aromatic carbocycles. The largest absolute Gasteiger partial charge is 0.463 e. The minimum absolute atomic E-state index is 0.0909. The van der Waals surface area contributed by atoms with Crippen molar-refractivity contribution in [3.63, 3.8) is 0 Å². The third-order valence-electron chi connectivity index (χ3n) is 3.71. The Hall–Kier alpha value is -2.11. The molecular weight excluding hydrogens is 262 g/mol. The maximum atomic E-state index is 12.1. The van der Waals surface area contributed by atoms with Crippen LogP contribution in [-0.4, -0.2) is 24.8 Å². The Balaban J connectivity index is 2.20. The van der Waals surface area contributed by atoms with Gasteiger partial charge in [0.05, 0.1) is 13.7 Å². The number of hydrogen-bond donors (Lipinski definition) is 1. The number of carbonyl (C=O) groups is 3. The number of carbonyl (C=O) groups excluding carboxylic acids is 3. The second-order valence-electron chi connectivity index (χ2n) is 4.85. The minimum atomic E-state index is -1.14. The van der Waals surface area contributed by atoms with Gasteiger partial charge in [-0.25, -0.2) is 4.79 Å². The second kappa shape index (κ2) is 5.48. The highest BCUT2D eigenvalue weighted by atomic mass is 16.5. The summed E-state index contributed by atoms with van der Waals surface area (Å²) in [4.78, 5) is 35.0. The van der Waals surface area contributed by atoms with E-state index in [4.69, 9.17) is 4.42 Å². The number of alkyl carbamates (subject to hydrolysis) is 1. The molecule has 1 unspecified atom stereocenters. The molecular formula is C14H17NO5. The summed E-state index contributed by atoms with van der Waals surface area (Å²) in [7, 11) is 1.27. The molecule has 1 aromatic heterocycles. The lowest BCUT2D eigenvalue weighted by Gasteiger charge is -2.21. The molecule has 1 N–H and O–H groups in total. The molecule has 1 atom stereocenters. The highest BCUT2D eigenvalue weighted by Gasteiger charge is 2.50. The van der Waals surface area contributed by atoms with Crippen LogP contribution in [0.3, 0.4) is 0 Å². The molecule has 20 heavy (non-hydrogen) atoms. The van der Waals surface area contributed by atoms with Crippen LogP contribution < -0.4 is 5.32 Å². The summed E-state index contributed by atoms with van der Waals surface area (Å²) in [6.07, 6.45) is 1.00.